The SMILES string of the molecule is FC1=CC(I)=C2C=CNC2N1. The summed E-state index contributed by atoms with van der Waals surface area (Å²) in [6.45, 7) is 0. The van der Waals surface area contributed by atoms with Crippen LogP contribution >= 0.6 is 22.6 Å². The van der Waals surface area contributed by atoms with Crippen molar-refractivity contribution in [1.82, 2.24) is 10.6 Å². The molecule has 58 valence electrons. The maximum absolute atomic E-state index is 12.7. The summed E-state index contributed by atoms with van der Waals surface area (Å²) in [5, 5.41) is 5.65. The molecule has 11 heavy (non-hydrogen) atoms. The summed E-state index contributed by atoms with van der Waals surface area (Å²) in [5.74, 6) is -0.278. The summed E-state index contributed by atoms with van der Waals surface area (Å²) >= 11 is 2.12. The van der Waals surface area contributed by atoms with Gasteiger partial charge in [0.1, 0.15) is 6.17 Å². The van der Waals surface area contributed by atoms with Gasteiger partial charge in [-0.15, -0.1) is 0 Å². The molecule has 2 rings (SSSR count). The van der Waals surface area contributed by atoms with Crippen LogP contribution in [0.5, 0.6) is 0 Å². The molecule has 2 aliphatic rings. The van der Waals surface area contributed by atoms with Gasteiger partial charge in [0.25, 0.3) is 0 Å². The molecule has 0 spiro atoms. The minimum absolute atomic E-state index is 0.0631. The second-order valence-corrected chi connectivity index (χ2v) is 3.54. The largest absolute Gasteiger partial charge is 0.368 e. The number of hydrogen-bond acceptors (Lipinski definition) is 2. The van der Waals surface area contributed by atoms with Crippen LogP contribution in [-0.4, -0.2) is 6.17 Å². The summed E-state index contributed by atoms with van der Waals surface area (Å²) in [6, 6.07) is 0. The highest BCUT2D eigenvalue weighted by molar-refractivity contribution is 14.1. The zero-order valence-electron chi connectivity index (χ0n) is 5.57. The van der Waals surface area contributed by atoms with E-state index in [1.165, 1.54) is 6.08 Å². The third-order valence-corrected chi connectivity index (χ3v) is 2.58. The van der Waals surface area contributed by atoms with E-state index in [4.69, 9.17) is 0 Å². The van der Waals surface area contributed by atoms with Gasteiger partial charge in [0, 0.05) is 15.2 Å². The molecule has 0 fully saturated rings. The van der Waals surface area contributed by atoms with Crippen LogP contribution < -0.4 is 10.6 Å². The van der Waals surface area contributed by atoms with Crippen LogP contribution in [0.2, 0.25) is 0 Å². The highest BCUT2D eigenvalue weighted by Crippen LogP contribution is 2.26. The van der Waals surface area contributed by atoms with E-state index >= 15 is 0 Å². The van der Waals surface area contributed by atoms with Crippen molar-refractivity contribution in [3.8, 4) is 0 Å². The summed E-state index contributed by atoms with van der Waals surface area (Å²) in [7, 11) is 0. The molecule has 0 saturated carbocycles. The molecule has 2 aliphatic heterocycles. The molecule has 0 radical (unpaired) electrons. The van der Waals surface area contributed by atoms with Gasteiger partial charge in [0.2, 0.25) is 0 Å². The fourth-order valence-electron chi connectivity index (χ4n) is 1.13. The van der Waals surface area contributed by atoms with Crippen LogP contribution in [-0.2, 0) is 0 Å². The van der Waals surface area contributed by atoms with Gasteiger partial charge in [-0.2, -0.15) is 4.39 Å². The van der Waals surface area contributed by atoms with Gasteiger partial charge in [0.15, 0.2) is 5.95 Å². The lowest BCUT2D eigenvalue weighted by molar-refractivity contribution is 0.480. The Hall–Kier alpha value is -0.520. The molecule has 0 saturated heterocycles. The molecule has 2 N–H and O–H groups in total. The quantitative estimate of drug-likeness (QED) is 0.512. The zero-order valence-corrected chi connectivity index (χ0v) is 7.72. The number of halogens is 2. The minimum atomic E-state index is -0.278. The number of hydrogen-bond donors (Lipinski definition) is 2. The van der Waals surface area contributed by atoms with E-state index in [0.717, 1.165) is 9.15 Å². The third kappa shape index (κ3) is 1.15. The van der Waals surface area contributed by atoms with Crippen molar-refractivity contribution in [2.24, 2.45) is 0 Å². The van der Waals surface area contributed by atoms with Crippen molar-refractivity contribution in [2.75, 3.05) is 0 Å². The van der Waals surface area contributed by atoms with Crippen LogP contribution in [0.3, 0.4) is 0 Å². The summed E-state index contributed by atoms with van der Waals surface area (Å²) in [6.07, 6.45) is 5.19. The molecular formula is C7H6FIN2. The van der Waals surface area contributed by atoms with E-state index in [2.05, 4.69) is 33.2 Å². The predicted octanol–water partition coefficient (Wildman–Crippen LogP) is 1.53. The van der Waals surface area contributed by atoms with Crippen molar-refractivity contribution >= 4 is 22.6 Å². The van der Waals surface area contributed by atoms with Crippen LogP contribution in [0.15, 0.2) is 33.5 Å². The van der Waals surface area contributed by atoms with Gasteiger partial charge in [-0.25, -0.2) is 0 Å². The molecule has 1 unspecified atom stereocenters. The van der Waals surface area contributed by atoms with Crippen LogP contribution in [0, 0.1) is 0 Å². The number of dihydropyridines is 1. The second kappa shape index (κ2) is 2.51. The summed E-state index contributed by atoms with van der Waals surface area (Å²) in [5.41, 5.74) is 1.10. The first-order valence-corrected chi connectivity index (χ1v) is 4.31. The van der Waals surface area contributed by atoms with E-state index in [-0.39, 0.29) is 12.1 Å². The topological polar surface area (TPSA) is 24.1 Å². The standard InChI is InChI=1S/C7H6FIN2/c8-6-3-5(9)4-1-2-10-7(4)11-6/h1-3,7,10-11H. The van der Waals surface area contributed by atoms with Crippen molar-refractivity contribution in [3.63, 3.8) is 0 Å². The Labute approximate surface area is 77.4 Å². The van der Waals surface area contributed by atoms with Gasteiger partial charge in [-0.3, -0.25) is 0 Å². The van der Waals surface area contributed by atoms with Gasteiger partial charge < -0.3 is 10.6 Å². The Kier molecular flexibility index (Phi) is 1.63. The normalized spacial score (nSPS) is 27.5. The molecule has 0 aromatic rings. The van der Waals surface area contributed by atoms with Gasteiger partial charge in [0.05, 0.1) is 0 Å². The van der Waals surface area contributed by atoms with Crippen LogP contribution in [0.1, 0.15) is 0 Å². The molecule has 2 nitrogen and oxygen atoms in total. The number of rotatable bonds is 0. The highest BCUT2D eigenvalue weighted by atomic mass is 127. The number of allylic oxidation sites excluding steroid dienone is 2. The minimum Gasteiger partial charge on any atom is -0.368 e. The van der Waals surface area contributed by atoms with Gasteiger partial charge in [-0.05, 0) is 34.9 Å². The van der Waals surface area contributed by atoms with Crippen molar-refractivity contribution in [2.45, 2.75) is 6.17 Å². The first kappa shape index (κ1) is 7.15. The third-order valence-electron chi connectivity index (χ3n) is 1.65. The molecule has 0 bridgehead atoms. The first-order chi connectivity index (χ1) is 5.27. The zero-order chi connectivity index (χ0) is 7.84. The molecule has 0 aromatic heterocycles. The average molecular weight is 264 g/mol. The molecule has 2 heterocycles. The van der Waals surface area contributed by atoms with E-state index in [9.17, 15) is 4.39 Å². The van der Waals surface area contributed by atoms with E-state index in [1.54, 1.807) is 0 Å². The Morgan fingerprint density at radius 2 is 2.36 bits per heavy atom. The molecule has 0 aromatic carbocycles. The predicted molar refractivity (Wildman–Crippen MR) is 49.4 cm³/mol. The molecule has 0 aliphatic carbocycles. The summed E-state index contributed by atoms with van der Waals surface area (Å²) < 4.78 is 13.7. The van der Waals surface area contributed by atoms with E-state index in [0.29, 0.717) is 0 Å². The lowest BCUT2D eigenvalue weighted by atomic mass is 10.2. The average Bonchev–Trinajstić information content (AvgIpc) is 2.34. The molecular weight excluding hydrogens is 258 g/mol. The first-order valence-electron chi connectivity index (χ1n) is 3.23. The molecule has 4 heteroatoms. The fourth-order valence-corrected chi connectivity index (χ4v) is 1.90. The van der Waals surface area contributed by atoms with Crippen molar-refractivity contribution < 1.29 is 4.39 Å². The van der Waals surface area contributed by atoms with E-state index < -0.39 is 0 Å². The lowest BCUT2D eigenvalue weighted by Crippen LogP contribution is -2.38. The van der Waals surface area contributed by atoms with Crippen molar-refractivity contribution in [3.05, 3.63) is 33.5 Å². The summed E-state index contributed by atoms with van der Waals surface area (Å²) in [4.78, 5) is 0. The smallest absolute Gasteiger partial charge is 0.189 e. The Bertz CT molecular complexity index is 280. The molecule has 0 amide bonds. The fraction of sp³-hybridized carbons (Fsp3) is 0.143. The Morgan fingerprint density at radius 3 is 3.18 bits per heavy atom. The number of nitrogens with one attached hydrogen (secondary N) is 2. The lowest BCUT2D eigenvalue weighted by Gasteiger charge is -2.19. The monoisotopic (exact) mass is 264 g/mol. The molecule has 1 atom stereocenters. The van der Waals surface area contributed by atoms with Crippen LogP contribution in [0.25, 0.3) is 0 Å². The highest BCUT2D eigenvalue weighted by Gasteiger charge is 2.22. The Morgan fingerprint density at radius 1 is 1.55 bits per heavy atom. The van der Waals surface area contributed by atoms with Gasteiger partial charge in [-0.1, -0.05) is 0 Å². The Balaban J connectivity index is 2.41. The van der Waals surface area contributed by atoms with Crippen molar-refractivity contribution in [1.29, 1.82) is 0 Å². The maximum Gasteiger partial charge on any atom is 0.189 e. The maximum atomic E-state index is 12.7. The second-order valence-electron chi connectivity index (χ2n) is 2.37. The van der Waals surface area contributed by atoms with Gasteiger partial charge >= 0.3 is 0 Å². The van der Waals surface area contributed by atoms with Crippen LogP contribution in [0.4, 0.5) is 4.39 Å². The number of fused-ring (bicyclic) bond motifs is 1. The van der Waals surface area contributed by atoms with E-state index in [1.807, 2.05) is 12.3 Å².